The molecule has 0 saturated heterocycles. The van der Waals surface area contributed by atoms with Gasteiger partial charge >= 0.3 is 0 Å². The highest BCUT2D eigenvalue weighted by atomic mass is 127. The fourth-order valence-electron chi connectivity index (χ4n) is 2.60. The second-order valence-electron chi connectivity index (χ2n) is 6.53. The molecule has 29 heavy (non-hydrogen) atoms. The van der Waals surface area contributed by atoms with Crippen LogP contribution in [-0.4, -0.2) is 38.3 Å². The van der Waals surface area contributed by atoms with Crippen molar-refractivity contribution in [2.24, 2.45) is 11.0 Å². The molecule has 2 aromatic carbocycles. The van der Waals surface area contributed by atoms with E-state index in [2.05, 4.69) is 38.4 Å². The number of hydrazone groups is 1. The van der Waals surface area contributed by atoms with Crippen molar-refractivity contribution in [1.29, 1.82) is 0 Å². The van der Waals surface area contributed by atoms with E-state index in [0.29, 0.717) is 17.1 Å². The Balaban J connectivity index is 2.07. The van der Waals surface area contributed by atoms with Crippen molar-refractivity contribution in [3.05, 3.63) is 57.2 Å². The van der Waals surface area contributed by atoms with Crippen molar-refractivity contribution < 1.29 is 19.1 Å². The van der Waals surface area contributed by atoms with Gasteiger partial charge in [0.05, 0.1) is 24.0 Å². The monoisotopic (exact) mass is 509 g/mol. The molecule has 2 rings (SSSR count). The lowest BCUT2D eigenvalue weighted by Gasteiger charge is -2.20. The first-order valence-corrected chi connectivity index (χ1v) is 10.1. The van der Waals surface area contributed by atoms with E-state index in [4.69, 9.17) is 9.47 Å². The average Bonchev–Trinajstić information content (AvgIpc) is 2.71. The van der Waals surface area contributed by atoms with Crippen LogP contribution in [0, 0.1) is 9.49 Å². The highest BCUT2D eigenvalue weighted by molar-refractivity contribution is 14.1. The van der Waals surface area contributed by atoms with Crippen molar-refractivity contribution in [3.63, 3.8) is 0 Å². The molecule has 0 saturated carbocycles. The van der Waals surface area contributed by atoms with Crippen LogP contribution in [-0.2, 0) is 4.79 Å². The number of rotatable bonds is 8. The van der Waals surface area contributed by atoms with Gasteiger partial charge in [-0.2, -0.15) is 5.10 Å². The largest absolute Gasteiger partial charge is 0.493 e. The molecule has 154 valence electrons. The minimum Gasteiger partial charge on any atom is -0.493 e. The van der Waals surface area contributed by atoms with Gasteiger partial charge in [0.1, 0.15) is 6.04 Å². The molecule has 2 amide bonds. The third-order valence-electron chi connectivity index (χ3n) is 4.12. The maximum atomic E-state index is 12.5. The predicted octanol–water partition coefficient (Wildman–Crippen LogP) is 3.21. The van der Waals surface area contributed by atoms with Crippen molar-refractivity contribution in [1.82, 2.24) is 10.7 Å². The molecular formula is C21H24IN3O4. The fraction of sp³-hybridized carbons (Fsp3) is 0.286. The van der Waals surface area contributed by atoms with E-state index >= 15 is 0 Å². The number of hydrogen-bond acceptors (Lipinski definition) is 5. The Kier molecular flexibility index (Phi) is 8.44. The van der Waals surface area contributed by atoms with Crippen LogP contribution in [0.2, 0.25) is 0 Å². The highest BCUT2D eigenvalue weighted by Gasteiger charge is 2.24. The Morgan fingerprint density at radius 1 is 1.10 bits per heavy atom. The fourth-order valence-corrected chi connectivity index (χ4v) is 3.45. The lowest BCUT2D eigenvalue weighted by molar-refractivity contribution is -0.123. The van der Waals surface area contributed by atoms with Crippen molar-refractivity contribution in [2.45, 2.75) is 19.9 Å². The molecule has 0 heterocycles. The number of halogens is 1. The Bertz CT molecular complexity index is 885. The number of benzene rings is 2. The summed E-state index contributed by atoms with van der Waals surface area (Å²) in [6.45, 7) is 3.71. The molecule has 2 aromatic rings. The topological polar surface area (TPSA) is 89.0 Å². The summed E-state index contributed by atoms with van der Waals surface area (Å²) in [4.78, 5) is 24.9. The Morgan fingerprint density at radius 3 is 2.38 bits per heavy atom. The molecule has 0 aliphatic heterocycles. The predicted molar refractivity (Wildman–Crippen MR) is 121 cm³/mol. The summed E-state index contributed by atoms with van der Waals surface area (Å²) in [5.41, 5.74) is 3.73. The zero-order chi connectivity index (χ0) is 21.4. The third kappa shape index (κ3) is 6.18. The van der Waals surface area contributed by atoms with Crippen molar-refractivity contribution in [3.8, 4) is 11.5 Å². The van der Waals surface area contributed by atoms with Gasteiger partial charge in [-0.1, -0.05) is 32.0 Å². The summed E-state index contributed by atoms with van der Waals surface area (Å²) < 4.78 is 11.5. The van der Waals surface area contributed by atoms with E-state index in [9.17, 15) is 9.59 Å². The molecule has 2 N–H and O–H groups in total. The molecule has 0 fully saturated rings. The van der Waals surface area contributed by atoms with Crippen molar-refractivity contribution >= 4 is 40.6 Å². The van der Waals surface area contributed by atoms with Crippen molar-refractivity contribution in [2.75, 3.05) is 14.2 Å². The number of amides is 2. The van der Waals surface area contributed by atoms with E-state index in [-0.39, 0.29) is 11.8 Å². The zero-order valence-corrected chi connectivity index (χ0v) is 18.9. The first kappa shape index (κ1) is 22.7. The third-order valence-corrected chi connectivity index (χ3v) is 4.92. The van der Waals surface area contributed by atoms with Gasteiger partial charge < -0.3 is 14.8 Å². The van der Waals surface area contributed by atoms with Gasteiger partial charge in [-0.3, -0.25) is 9.59 Å². The van der Waals surface area contributed by atoms with Gasteiger partial charge in [0.2, 0.25) is 0 Å². The zero-order valence-electron chi connectivity index (χ0n) is 16.7. The second kappa shape index (κ2) is 10.8. The summed E-state index contributed by atoms with van der Waals surface area (Å²) in [6, 6.07) is 11.7. The molecule has 0 aliphatic rings. The summed E-state index contributed by atoms with van der Waals surface area (Å²) in [7, 11) is 3.13. The quantitative estimate of drug-likeness (QED) is 0.325. The Labute approximate surface area is 184 Å². The molecule has 0 aromatic heterocycles. The van der Waals surface area contributed by atoms with Gasteiger partial charge in [0.25, 0.3) is 11.8 Å². The van der Waals surface area contributed by atoms with Gasteiger partial charge in [-0.15, -0.1) is 0 Å². The normalized spacial score (nSPS) is 11.9. The Hall–Kier alpha value is -2.62. The van der Waals surface area contributed by atoms with Gasteiger partial charge in [-0.25, -0.2) is 5.43 Å². The lowest BCUT2D eigenvalue weighted by atomic mass is 10.0. The first-order chi connectivity index (χ1) is 13.9. The molecule has 7 nitrogen and oxygen atoms in total. The van der Waals surface area contributed by atoms with Gasteiger partial charge in [0.15, 0.2) is 11.5 Å². The minimum absolute atomic E-state index is 0.111. The van der Waals surface area contributed by atoms with E-state index < -0.39 is 11.9 Å². The van der Waals surface area contributed by atoms with Gasteiger partial charge in [0, 0.05) is 5.56 Å². The number of carbonyl (C=O) groups is 2. The molecule has 1 atom stereocenters. The lowest BCUT2D eigenvalue weighted by Crippen LogP contribution is -2.48. The maximum absolute atomic E-state index is 12.5. The molecule has 0 spiro atoms. The van der Waals surface area contributed by atoms with E-state index in [1.165, 1.54) is 6.21 Å². The summed E-state index contributed by atoms with van der Waals surface area (Å²) in [5, 5.41) is 6.78. The summed E-state index contributed by atoms with van der Waals surface area (Å²) in [5.74, 6) is 0.397. The summed E-state index contributed by atoms with van der Waals surface area (Å²) >= 11 is 2.14. The van der Waals surface area contributed by atoms with Crippen LogP contribution in [0.5, 0.6) is 11.5 Å². The van der Waals surface area contributed by atoms with Crippen LogP contribution in [0.1, 0.15) is 29.8 Å². The first-order valence-electron chi connectivity index (χ1n) is 8.97. The number of methoxy groups -OCH3 is 2. The number of nitrogens with zero attached hydrogens (tertiary/aromatic N) is 1. The Morgan fingerprint density at radius 2 is 1.79 bits per heavy atom. The smallest absolute Gasteiger partial charge is 0.262 e. The molecule has 8 heteroatoms. The van der Waals surface area contributed by atoms with Crippen LogP contribution >= 0.6 is 22.6 Å². The minimum atomic E-state index is -0.717. The van der Waals surface area contributed by atoms with Crippen LogP contribution in [0.15, 0.2) is 47.6 Å². The van der Waals surface area contributed by atoms with Crippen LogP contribution < -0.4 is 20.2 Å². The number of carbonyl (C=O) groups excluding carboxylic acids is 2. The molecule has 0 radical (unpaired) electrons. The standard InChI is InChI=1S/C21H24IN3O4/c1-13(2)18(24-20(26)15-8-6-5-7-9-15)21(27)25-23-12-14-10-16(22)19(29-4)17(11-14)28-3/h5-13,18H,1-4H3,(H,24,26)(H,25,27). The highest BCUT2D eigenvalue weighted by Crippen LogP contribution is 2.32. The average molecular weight is 509 g/mol. The van der Waals surface area contributed by atoms with E-state index in [1.807, 2.05) is 26.0 Å². The maximum Gasteiger partial charge on any atom is 0.262 e. The van der Waals surface area contributed by atoms with E-state index in [1.54, 1.807) is 44.6 Å². The van der Waals surface area contributed by atoms with Gasteiger partial charge in [-0.05, 0) is 58.3 Å². The number of ether oxygens (including phenoxy) is 2. The number of nitrogens with one attached hydrogen (secondary N) is 2. The molecule has 0 bridgehead atoms. The SMILES string of the molecule is COc1cc(C=NNC(=O)C(NC(=O)c2ccccc2)C(C)C)cc(I)c1OC. The van der Waals surface area contributed by atoms with Crippen LogP contribution in [0.4, 0.5) is 0 Å². The van der Waals surface area contributed by atoms with Crippen LogP contribution in [0.25, 0.3) is 0 Å². The van der Waals surface area contributed by atoms with Crippen LogP contribution in [0.3, 0.4) is 0 Å². The molecular weight excluding hydrogens is 485 g/mol. The van der Waals surface area contributed by atoms with E-state index in [0.717, 1.165) is 9.13 Å². The number of hydrogen-bond donors (Lipinski definition) is 2. The second-order valence-corrected chi connectivity index (χ2v) is 7.70. The molecule has 0 aliphatic carbocycles. The molecule has 1 unspecified atom stereocenters. The summed E-state index contributed by atoms with van der Waals surface area (Å²) in [6.07, 6.45) is 1.51.